The zero-order valence-electron chi connectivity index (χ0n) is 11.1. The van der Waals surface area contributed by atoms with E-state index in [2.05, 4.69) is 27.3 Å². The fourth-order valence-corrected chi connectivity index (χ4v) is 2.71. The quantitative estimate of drug-likeness (QED) is 0.806. The van der Waals surface area contributed by atoms with E-state index < -0.39 is 0 Å². The molecular formula is C15H13BrN2OS. The van der Waals surface area contributed by atoms with Gasteiger partial charge in [0, 0.05) is 15.4 Å². The highest BCUT2D eigenvalue weighted by molar-refractivity contribution is 9.10. The van der Waals surface area contributed by atoms with Crippen molar-refractivity contribution in [3.63, 3.8) is 0 Å². The number of ether oxygens (including phenoxy) is 1. The number of halogens is 1. The third-order valence-electron chi connectivity index (χ3n) is 2.80. The molecule has 2 aromatic carbocycles. The van der Waals surface area contributed by atoms with Gasteiger partial charge in [0.2, 0.25) is 0 Å². The first-order valence-corrected chi connectivity index (χ1v) is 7.89. The maximum atomic E-state index is 9.34. The smallest absolute Gasteiger partial charge is 0.121 e. The number of thioether (sulfide) groups is 1. The highest BCUT2D eigenvalue weighted by atomic mass is 79.9. The van der Waals surface area contributed by atoms with Crippen LogP contribution < -0.4 is 10.1 Å². The highest BCUT2D eigenvalue weighted by Gasteiger charge is 2.09. The van der Waals surface area contributed by atoms with E-state index in [-0.39, 0.29) is 0 Å². The molecule has 3 nitrogen and oxygen atoms in total. The zero-order chi connectivity index (χ0) is 14.5. The molecule has 2 rings (SSSR count). The second kappa shape index (κ2) is 6.69. The molecule has 0 radical (unpaired) electrons. The van der Waals surface area contributed by atoms with Gasteiger partial charge in [0.25, 0.3) is 0 Å². The Morgan fingerprint density at radius 1 is 1.25 bits per heavy atom. The number of methoxy groups -OCH3 is 1. The van der Waals surface area contributed by atoms with Crippen LogP contribution in [0.2, 0.25) is 0 Å². The third kappa shape index (κ3) is 3.09. The Morgan fingerprint density at radius 2 is 2.05 bits per heavy atom. The van der Waals surface area contributed by atoms with Gasteiger partial charge in [0.1, 0.15) is 11.8 Å². The average Bonchev–Trinajstić information content (AvgIpc) is 2.49. The maximum absolute atomic E-state index is 9.34. The van der Waals surface area contributed by atoms with E-state index in [0.717, 1.165) is 26.5 Å². The van der Waals surface area contributed by atoms with Crippen LogP contribution >= 0.6 is 27.7 Å². The summed E-state index contributed by atoms with van der Waals surface area (Å²) in [5.74, 6) is 0.759. The van der Waals surface area contributed by atoms with Crippen LogP contribution in [0.3, 0.4) is 0 Å². The Labute approximate surface area is 131 Å². The van der Waals surface area contributed by atoms with Crippen molar-refractivity contribution in [2.24, 2.45) is 0 Å². The minimum absolute atomic E-state index is 0.648. The Morgan fingerprint density at radius 3 is 2.70 bits per heavy atom. The lowest BCUT2D eigenvalue weighted by Gasteiger charge is -2.13. The molecule has 0 aromatic heterocycles. The first-order chi connectivity index (χ1) is 9.69. The van der Waals surface area contributed by atoms with Crippen molar-refractivity contribution in [2.75, 3.05) is 18.7 Å². The van der Waals surface area contributed by atoms with Gasteiger partial charge in [0.15, 0.2) is 0 Å². The van der Waals surface area contributed by atoms with Crippen molar-refractivity contribution in [3.8, 4) is 11.8 Å². The maximum Gasteiger partial charge on any atom is 0.121 e. The first-order valence-electron chi connectivity index (χ1n) is 5.87. The number of nitrogens with zero attached hydrogens (tertiary/aromatic N) is 1. The van der Waals surface area contributed by atoms with Crippen molar-refractivity contribution in [1.82, 2.24) is 0 Å². The fraction of sp³-hybridized carbons (Fsp3) is 0.133. The molecule has 0 saturated heterocycles. The molecule has 0 atom stereocenters. The molecule has 0 aliphatic carbocycles. The molecule has 0 spiro atoms. The molecule has 0 saturated carbocycles. The largest absolute Gasteiger partial charge is 0.497 e. The zero-order valence-corrected chi connectivity index (χ0v) is 13.5. The summed E-state index contributed by atoms with van der Waals surface area (Å²) >= 11 is 5.05. The molecule has 0 unspecified atom stereocenters. The summed E-state index contributed by atoms with van der Waals surface area (Å²) in [6, 6.07) is 13.7. The predicted molar refractivity (Wildman–Crippen MR) is 86.9 cm³/mol. The van der Waals surface area contributed by atoms with Gasteiger partial charge in [0.05, 0.1) is 24.0 Å². The molecule has 0 fully saturated rings. The van der Waals surface area contributed by atoms with Crippen LogP contribution in [-0.2, 0) is 0 Å². The number of rotatable bonds is 4. The van der Waals surface area contributed by atoms with Crippen molar-refractivity contribution in [3.05, 3.63) is 46.4 Å². The first kappa shape index (κ1) is 14.8. The average molecular weight is 349 g/mol. The lowest BCUT2D eigenvalue weighted by molar-refractivity contribution is 0.415. The minimum Gasteiger partial charge on any atom is -0.497 e. The van der Waals surface area contributed by atoms with Crippen LogP contribution in [0, 0.1) is 11.3 Å². The standard InChI is InChI=1S/C15H13BrN2OS/c1-19-10-6-7-12(16)14(8-10)18-13-4-3-5-15(20-2)11(13)9-17/h3-8,18H,1-2H3. The number of benzene rings is 2. The summed E-state index contributed by atoms with van der Waals surface area (Å²) in [7, 11) is 1.63. The summed E-state index contributed by atoms with van der Waals surface area (Å²) in [5.41, 5.74) is 2.29. The normalized spacial score (nSPS) is 9.90. The van der Waals surface area contributed by atoms with Crippen LogP contribution in [0.25, 0.3) is 0 Å². The van der Waals surface area contributed by atoms with Gasteiger partial charge in [-0.2, -0.15) is 5.26 Å². The van der Waals surface area contributed by atoms with Gasteiger partial charge < -0.3 is 10.1 Å². The second-order valence-corrected chi connectivity index (χ2v) is 5.67. The van der Waals surface area contributed by atoms with E-state index in [4.69, 9.17) is 4.74 Å². The van der Waals surface area contributed by atoms with Crippen LogP contribution in [-0.4, -0.2) is 13.4 Å². The van der Waals surface area contributed by atoms with Crippen LogP contribution in [0.15, 0.2) is 45.8 Å². The summed E-state index contributed by atoms with van der Waals surface area (Å²) in [5, 5.41) is 12.6. The van der Waals surface area contributed by atoms with E-state index in [9.17, 15) is 5.26 Å². The number of hydrogen-bond acceptors (Lipinski definition) is 4. The SMILES string of the molecule is COc1ccc(Br)c(Nc2cccc(SC)c2C#N)c1. The fourth-order valence-electron chi connectivity index (χ4n) is 1.79. The molecule has 0 amide bonds. The monoisotopic (exact) mass is 348 g/mol. The molecule has 0 aliphatic rings. The summed E-state index contributed by atoms with van der Waals surface area (Å²) in [6.07, 6.45) is 1.96. The van der Waals surface area contributed by atoms with E-state index in [1.54, 1.807) is 18.9 Å². The topological polar surface area (TPSA) is 45.0 Å². The van der Waals surface area contributed by atoms with E-state index in [0.29, 0.717) is 5.56 Å². The highest BCUT2D eigenvalue weighted by Crippen LogP contribution is 2.33. The van der Waals surface area contributed by atoms with Gasteiger partial charge in [-0.05, 0) is 46.5 Å². The van der Waals surface area contributed by atoms with E-state index >= 15 is 0 Å². The number of hydrogen-bond donors (Lipinski definition) is 1. The Bertz CT molecular complexity index is 667. The summed E-state index contributed by atoms with van der Waals surface area (Å²) in [4.78, 5) is 0.955. The molecule has 0 heterocycles. The van der Waals surface area contributed by atoms with Crippen LogP contribution in [0.5, 0.6) is 5.75 Å². The number of nitrogens with one attached hydrogen (secondary N) is 1. The van der Waals surface area contributed by atoms with Gasteiger partial charge in [-0.1, -0.05) is 6.07 Å². The molecule has 20 heavy (non-hydrogen) atoms. The van der Waals surface area contributed by atoms with E-state index in [1.807, 2.05) is 42.7 Å². The van der Waals surface area contributed by atoms with Crippen molar-refractivity contribution in [1.29, 1.82) is 5.26 Å². The molecule has 0 aliphatic heterocycles. The number of anilines is 2. The molecule has 0 bridgehead atoms. The van der Waals surface area contributed by atoms with Gasteiger partial charge in [-0.25, -0.2) is 0 Å². The van der Waals surface area contributed by atoms with Crippen molar-refractivity contribution < 1.29 is 4.74 Å². The number of nitriles is 1. The predicted octanol–water partition coefficient (Wildman–Crippen LogP) is 4.79. The second-order valence-electron chi connectivity index (χ2n) is 3.97. The van der Waals surface area contributed by atoms with E-state index in [1.165, 1.54) is 0 Å². The van der Waals surface area contributed by atoms with Gasteiger partial charge in [-0.15, -0.1) is 11.8 Å². The molecule has 2 aromatic rings. The van der Waals surface area contributed by atoms with Crippen LogP contribution in [0.4, 0.5) is 11.4 Å². The lowest BCUT2D eigenvalue weighted by atomic mass is 10.2. The summed E-state index contributed by atoms with van der Waals surface area (Å²) < 4.78 is 6.13. The summed E-state index contributed by atoms with van der Waals surface area (Å²) in [6.45, 7) is 0. The third-order valence-corrected chi connectivity index (χ3v) is 4.27. The van der Waals surface area contributed by atoms with Crippen molar-refractivity contribution >= 4 is 39.1 Å². The Hall–Kier alpha value is -1.64. The molecule has 5 heteroatoms. The Kier molecular flexibility index (Phi) is 4.94. The van der Waals surface area contributed by atoms with Crippen LogP contribution in [0.1, 0.15) is 5.56 Å². The minimum atomic E-state index is 0.648. The lowest BCUT2D eigenvalue weighted by Crippen LogP contribution is -1.96. The van der Waals surface area contributed by atoms with Gasteiger partial charge in [-0.3, -0.25) is 0 Å². The molecular weight excluding hydrogens is 336 g/mol. The molecule has 1 N–H and O–H groups in total. The Balaban J connectivity index is 2.43. The van der Waals surface area contributed by atoms with Gasteiger partial charge >= 0.3 is 0 Å². The van der Waals surface area contributed by atoms with Crippen molar-refractivity contribution in [2.45, 2.75) is 4.90 Å². The molecule has 102 valence electrons.